The van der Waals surface area contributed by atoms with Gasteiger partial charge in [0.25, 0.3) is 0 Å². The molecule has 0 saturated carbocycles. The third kappa shape index (κ3) is 1.23. The molecule has 0 aromatic heterocycles. The molecule has 1 aliphatic heterocycles. The molecule has 0 aromatic carbocycles. The van der Waals surface area contributed by atoms with E-state index in [-0.39, 0.29) is 12.3 Å². The average Bonchev–Trinajstić information content (AvgIpc) is 2.14. The van der Waals surface area contributed by atoms with Gasteiger partial charge in [0.05, 0.1) is 6.61 Å². The van der Waals surface area contributed by atoms with Gasteiger partial charge in [-0.1, -0.05) is 6.92 Å². The van der Waals surface area contributed by atoms with Crippen molar-refractivity contribution in [1.29, 1.82) is 0 Å². The fraction of sp³-hybridized carbons (Fsp3) is 1.00. The Morgan fingerprint density at radius 1 is 1.75 bits per heavy atom. The lowest BCUT2D eigenvalue weighted by atomic mass is 10.0. The molecule has 1 heterocycles. The molecule has 1 unspecified atom stereocenters. The predicted molar refractivity (Wildman–Crippen MR) is 30.7 cm³/mol. The first kappa shape index (κ1) is 6.11. The van der Waals surface area contributed by atoms with Gasteiger partial charge in [0.1, 0.15) is 7.85 Å². The van der Waals surface area contributed by atoms with Gasteiger partial charge in [0, 0.05) is 6.00 Å². The third-order valence-corrected chi connectivity index (χ3v) is 1.11. The van der Waals surface area contributed by atoms with Crippen LogP contribution in [0.4, 0.5) is 0 Å². The first-order chi connectivity index (χ1) is 3.83. The number of rotatable bonds is 1. The second-order valence-corrected chi connectivity index (χ2v) is 1.85. The number of hydrogen-bond acceptors (Lipinski definition) is 2. The van der Waals surface area contributed by atoms with Gasteiger partial charge < -0.3 is 9.47 Å². The molecule has 2 nitrogen and oxygen atoms in total. The van der Waals surface area contributed by atoms with E-state index in [4.69, 9.17) is 17.3 Å². The zero-order valence-electron chi connectivity index (χ0n) is 4.96. The number of hydrogen-bond donors (Lipinski definition) is 0. The van der Waals surface area contributed by atoms with Gasteiger partial charge in [-0.2, -0.15) is 0 Å². The molecule has 1 rings (SSSR count). The van der Waals surface area contributed by atoms with E-state index >= 15 is 0 Å². The maximum absolute atomic E-state index is 5.35. The third-order valence-electron chi connectivity index (χ3n) is 1.11. The normalized spacial score (nSPS) is 38.1. The lowest BCUT2D eigenvalue weighted by Gasteiger charge is -2.04. The first-order valence-corrected chi connectivity index (χ1v) is 2.85. The van der Waals surface area contributed by atoms with Crippen LogP contribution in [-0.4, -0.2) is 26.7 Å². The number of ether oxygens (including phenoxy) is 2. The minimum Gasteiger partial charge on any atom is -0.357 e. The second kappa shape index (κ2) is 2.51. The van der Waals surface area contributed by atoms with E-state index in [0.29, 0.717) is 6.61 Å². The summed E-state index contributed by atoms with van der Waals surface area (Å²) >= 11 is 0. The summed E-state index contributed by atoms with van der Waals surface area (Å²) in [4.78, 5) is 0. The van der Waals surface area contributed by atoms with Crippen LogP contribution in [0.25, 0.3) is 0 Å². The molecule has 2 atom stereocenters. The zero-order chi connectivity index (χ0) is 5.98. The summed E-state index contributed by atoms with van der Waals surface area (Å²) < 4.78 is 10.1. The minimum absolute atomic E-state index is 0.0509. The summed E-state index contributed by atoms with van der Waals surface area (Å²) in [6.07, 6.45) is 0.832. The van der Waals surface area contributed by atoms with Gasteiger partial charge in [-0.05, 0) is 6.42 Å². The smallest absolute Gasteiger partial charge is 0.156 e. The summed E-state index contributed by atoms with van der Waals surface area (Å²) in [5.74, 6) is 0. The maximum Gasteiger partial charge on any atom is 0.156 e. The van der Waals surface area contributed by atoms with Crippen LogP contribution in [0.15, 0.2) is 0 Å². The highest BCUT2D eigenvalue weighted by atomic mass is 16.7. The van der Waals surface area contributed by atoms with Crippen LogP contribution in [0.3, 0.4) is 0 Å². The second-order valence-electron chi connectivity index (χ2n) is 1.85. The lowest BCUT2D eigenvalue weighted by molar-refractivity contribution is -0.0480. The van der Waals surface area contributed by atoms with Crippen molar-refractivity contribution in [2.24, 2.45) is 0 Å². The summed E-state index contributed by atoms with van der Waals surface area (Å²) in [5.41, 5.74) is 0. The zero-order valence-corrected chi connectivity index (χ0v) is 4.96. The Hall–Kier alpha value is -0.0151. The van der Waals surface area contributed by atoms with Crippen LogP contribution in [0.2, 0.25) is 0 Å². The van der Waals surface area contributed by atoms with E-state index in [0.717, 1.165) is 6.42 Å². The molecule has 1 fully saturated rings. The van der Waals surface area contributed by atoms with E-state index in [1.807, 2.05) is 6.92 Å². The summed E-state index contributed by atoms with van der Waals surface area (Å²) in [6, 6.07) is -0.194. The highest BCUT2D eigenvalue weighted by molar-refractivity contribution is 6.11. The predicted octanol–water partition coefficient (Wildman–Crippen LogP) is 0.264. The summed E-state index contributed by atoms with van der Waals surface area (Å²) in [7, 11) is 5.35. The van der Waals surface area contributed by atoms with Gasteiger partial charge in [-0.15, -0.1) is 0 Å². The fourth-order valence-corrected chi connectivity index (χ4v) is 0.690. The van der Waals surface area contributed by atoms with Crippen LogP contribution in [-0.2, 0) is 9.47 Å². The molecule has 0 amide bonds. The molecular weight excluding hydrogens is 103 g/mol. The van der Waals surface area contributed by atoms with Gasteiger partial charge in [-0.25, -0.2) is 0 Å². The monoisotopic (exact) mass is 112 g/mol. The lowest BCUT2D eigenvalue weighted by Crippen LogP contribution is -2.10. The van der Waals surface area contributed by atoms with Crippen LogP contribution < -0.4 is 0 Å². The summed E-state index contributed by atoms with van der Waals surface area (Å²) in [5, 5.41) is 0. The fourth-order valence-electron chi connectivity index (χ4n) is 0.690. The van der Waals surface area contributed by atoms with Crippen molar-refractivity contribution in [2.45, 2.75) is 25.6 Å². The minimum atomic E-state index is -0.194. The Morgan fingerprint density at radius 2 is 2.50 bits per heavy atom. The van der Waals surface area contributed by atoms with Crippen molar-refractivity contribution in [3.63, 3.8) is 0 Å². The highest BCUT2D eigenvalue weighted by Gasteiger charge is 2.19. The van der Waals surface area contributed by atoms with Crippen LogP contribution in [0, 0.1) is 0 Å². The molecule has 1 saturated heterocycles. The summed E-state index contributed by atoms with van der Waals surface area (Å²) in [6.45, 7) is 2.54. The van der Waals surface area contributed by atoms with Crippen LogP contribution >= 0.6 is 0 Å². The van der Waals surface area contributed by atoms with Gasteiger partial charge in [-0.3, -0.25) is 0 Å². The molecule has 0 spiro atoms. The Labute approximate surface area is 50.6 Å². The van der Waals surface area contributed by atoms with Crippen molar-refractivity contribution < 1.29 is 9.47 Å². The Kier molecular flexibility index (Phi) is 1.92. The quantitative estimate of drug-likeness (QED) is 0.453. The van der Waals surface area contributed by atoms with Crippen molar-refractivity contribution in [3.05, 3.63) is 0 Å². The van der Waals surface area contributed by atoms with Crippen molar-refractivity contribution in [2.75, 3.05) is 6.61 Å². The van der Waals surface area contributed by atoms with E-state index in [1.165, 1.54) is 0 Å². The van der Waals surface area contributed by atoms with E-state index < -0.39 is 0 Å². The first-order valence-electron chi connectivity index (χ1n) is 2.85. The highest BCUT2D eigenvalue weighted by Crippen LogP contribution is 2.10. The van der Waals surface area contributed by atoms with Crippen molar-refractivity contribution >= 4 is 7.85 Å². The van der Waals surface area contributed by atoms with E-state index in [2.05, 4.69) is 0 Å². The Bertz CT molecular complexity index is 76.8. The molecule has 0 N–H and O–H groups in total. The SMILES string of the molecule is [B]C1CO[C@H](CC)O1. The van der Waals surface area contributed by atoms with E-state index in [1.54, 1.807) is 0 Å². The van der Waals surface area contributed by atoms with Crippen molar-refractivity contribution in [1.82, 2.24) is 0 Å². The molecule has 0 aromatic rings. The Morgan fingerprint density at radius 3 is 2.75 bits per heavy atom. The molecule has 2 radical (unpaired) electrons. The molecule has 44 valence electrons. The molecule has 1 aliphatic rings. The topological polar surface area (TPSA) is 18.5 Å². The largest absolute Gasteiger partial charge is 0.357 e. The molecule has 0 bridgehead atoms. The molecule has 0 aliphatic carbocycles. The standard InChI is InChI=1S/C5H9BO2/c1-2-5-7-3-4(6)8-5/h4-5H,2-3H2,1H3/t4?,5-/m0/s1. The van der Waals surface area contributed by atoms with Crippen molar-refractivity contribution in [3.8, 4) is 0 Å². The maximum atomic E-state index is 5.35. The van der Waals surface area contributed by atoms with E-state index in [9.17, 15) is 0 Å². The molecular formula is C5H9BO2. The van der Waals surface area contributed by atoms with Crippen LogP contribution in [0.5, 0.6) is 0 Å². The molecule has 3 heteroatoms. The van der Waals surface area contributed by atoms with Crippen LogP contribution in [0.1, 0.15) is 13.3 Å². The molecule has 8 heavy (non-hydrogen) atoms. The Balaban J connectivity index is 2.22. The van der Waals surface area contributed by atoms with Gasteiger partial charge in [0.2, 0.25) is 0 Å². The average molecular weight is 112 g/mol. The van der Waals surface area contributed by atoms with Gasteiger partial charge >= 0.3 is 0 Å². The van der Waals surface area contributed by atoms with Gasteiger partial charge in [0.15, 0.2) is 6.29 Å².